The standard InChI is InChI=1S/C16H14ClN3/c1-18-15-8-7-12(17)11-14(15)16-9-10-20(19-16)13-5-3-2-4-6-13/h2-11,18H,1H3. The third-order valence-corrected chi connectivity index (χ3v) is 3.37. The molecule has 4 heteroatoms. The van der Waals surface area contributed by atoms with Crippen molar-refractivity contribution in [2.75, 3.05) is 12.4 Å². The molecule has 0 radical (unpaired) electrons. The maximum Gasteiger partial charge on any atom is 0.0948 e. The summed E-state index contributed by atoms with van der Waals surface area (Å²) in [5, 5.41) is 8.48. The van der Waals surface area contributed by atoms with Crippen molar-refractivity contribution < 1.29 is 0 Å². The fourth-order valence-electron chi connectivity index (χ4n) is 2.14. The number of hydrogen-bond donors (Lipinski definition) is 1. The van der Waals surface area contributed by atoms with Gasteiger partial charge in [-0.3, -0.25) is 0 Å². The first-order valence-corrected chi connectivity index (χ1v) is 6.74. The van der Waals surface area contributed by atoms with Crippen LogP contribution in [-0.2, 0) is 0 Å². The summed E-state index contributed by atoms with van der Waals surface area (Å²) in [6.45, 7) is 0. The van der Waals surface area contributed by atoms with Crippen LogP contribution in [-0.4, -0.2) is 16.8 Å². The lowest BCUT2D eigenvalue weighted by molar-refractivity contribution is 0.884. The molecule has 0 aliphatic carbocycles. The molecule has 3 rings (SSSR count). The van der Waals surface area contributed by atoms with Crippen LogP contribution in [0.4, 0.5) is 5.69 Å². The van der Waals surface area contributed by atoms with Crippen LogP contribution < -0.4 is 5.32 Å². The summed E-state index contributed by atoms with van der Waals surface area (Å²) in [7, 11) is 1.89. The Kier molecular flexibility index (Phi) is 3.44. The van der Waals surface area contributed by atoms with E-state index in [9.17, 15) is 0 Å². The summed E-state index contributed by atoms with van der Waals surface area (Å²) in [5.74, 6) is 0. The van der Waals surface area contributed by atoms with Crippen LogP contribution in [0.2, 0.25) is 5.02 Å². The number of halogens is 1. The first-order chi connectivity index (χ1) is 9.78. The van der Waals surface area contributed by atoms with Gasteiger partial charge in [-0.25, -0.2) is 4.68 Å². The molecule has 100 valence electrons. The van der Waals surface area contributed by atoms with Gasteiger partial charge in [-0.05, 0) is 36.4 Å². The molecule has 2 aromatic carbocycles. The second kappa shape index (κ2) is 5.39. The zero-order valence-electron chi connectivity index (χ0n) is 11.0. The Hall–Kier alpha value is -2.26. The second-order valence-electron chi connectivity index (χ2n) is 4.42. The smallest absolute Gasteiger partial charge is 0.0948 e. The molecule has 0 atom stereocenters. The molecule has 1 N–H and O–H groups in total. The Bertz CT molecular complexity index is 720. The van der Waals surface area contributed by atoms with Crippen LogP contribution >= 0.6 is 11.6 Å². The lowest BCUT2D eigenvalue weighted by atomic mass is 10.1. The molecule has 0 aliphatic rings. The molecule has 3 nitrogen and oxygen atoms in total. The van der Waals surface area contributed by atoms with Crippen molar-refractivity contribution in [1.82, 2.24) is 9.78 Å². The lowest BCUT2D eigenvalue weighted by Crippen LogP contribution is -1.96. The third-order valence-electron chi connectivity index (χ3n) is 3.14. The van der Waals surface area contributed by atoms with Crippen LogP contribution in [0.3, 0.4) is 0 Å². The first kappa shape index (κ1) is 12.8. The van der Waals surface area contributed by atoms with Crippen LogP contribution in [0.1, 0.15) is 0 Å². The van der Waals surface area contributed by atoms with Gasteiger partial charge in [0.25, 0.3) is 0 Å². The molecule has 3 aromatic rings. The number of aromatic nitrogens is 2. The number of nitrogens with zero attached hydrogens (tertiary/aromatic N) is 2. The largest absolute Gasteiger partial charge is 0.388 e. The fourth-order valence-corrected chi connectivity index (χ4v) is 2.31. The zero-order valence-corrected chi connectivity index (χ0v) is 11.8. The van der Waals surface area contributed by atoms with Crippen LogP contribution in [0.15, 0.2) is 60.8 Å². The number of hydrogen-bond acceptors (Lipinski definition) is 2. The van der Waals surface area contributed by atoms with Crippen LogP contribution in [0.25, 0.3) is 16.9 Å². The van der Waals surface area contributed by atoms with E-state index in [1.165, 1.54) is 0 Å². The monoisotopic (exact) mass is 283 g/mol. The number of para-hydroxylation sites is 1. The van der Waals surface area contributed by atoms with Gasteiger partial charge in [-0.1, -0.05) is 29.8 Å². The first-order valence-electron chi connectivity index (χ1n) is 6.37. The quantitative estimate of drug-likeness (QED) is 0.779. The maximum absolute atomic E-state index is 6.09. The van der Waals surface area contributed by atoms with Gasteiger partial charge in [0.2, 0.25) is 0 Å². The minimum atomic E-state index is 0.702. The predicted octanol–water partition coefficient (Wildman–Crippen LogP) is 4.23. The maximum atomic E-state index is 6.09. The van der Waals surface area contributed by atoms with Crippen molar-refractivity contribution in [2.45, 2.75) is 0 Å². The molecule has 20 heavy (non-hydrogen) atoms. The fraction of sp³-hybridized carbons (Fsp3) is 0.0625. The third kappa shape index (κ3) is 2.40. The van der Waals surface area contributed by atoms with E-state index in [0.29, 0.717) is 5.02 Å². The van der Waals surface area contributed by atoms with Crippen molar-refractivity contribution in [3.05, 3.63) is 65.8 Å². The number of anilines is 1. The Morgan fingerprint density at radius 2 is 1.85 bits per heavy atom. The summed E-state index contributed by atoms with van der Waals surface area (Å²) >= 11 is 6.09. The molecule has 0 amide bonds. The minimum Gasteiger partial charge on any atom is -0.388 e. The van der Waals surface area contributed by atoms with Gasteiger partial charge in [0.05, 0.1) is 11.4 Å². The van der Waals surface area contributed by atoms with Crippen molar-refractivity contribution in [1.29, 1.82) is 0 Å². The highest BCUT2D eigenvalue weighted by atomic mass is 35.5. The molecule has 0 bridgehead atoms. The average molecular weight is 284 g/mol. The summed E-state index contributed by atoms with van der Waals surface area (Å²) in [6.07, 6.45) is 1.95. The van der Waals surface area contributed by atoms with Gasteiger partial charge in [-0.15, -0.1) is 0 Å². The minimum absolute atomic E-state index is 0.702. The van der Waals surface area contributed by atoms with Crippen molar-refractivity contribution >= 4 is 17.3 Å². The molecule has 0 aliphatic heterocycles. The van der Waals surface area contributed by atoms with Crippen molar-refractivity contribution in [2.24, 2.45) is 0 Å². The Morgan fingerprint density at radius 1 is 1.05 bits per heavy atom. The summed E-state index contributed by atoms with van der Waals surface area (Å²) in [4.78, 5) is 0. The highest BCUT2D eigenvalue weighted by Gasteiger charge is 2.09. The molecule has 0 saturated heterocycles. The van der Waals surface area contributed by atoms with E-state index in [2.05, 4.69) is 10.4 Å². The van der Waals surface area contributed by atoms with Crippen molar-refractivity contribution in [3.63, 3.8) is 0 Å². The average Bonchev–Trinajstić information content (AvgIpc) is 2.98. The number of benzene rings is 2. The highest BCUT2D eigenvalue weighted by molar-refractivity contribution is 6.31. The second-order valence-corrected chi connectivity index (χ2v) is 4.86. The predicted molar refractivity (Wildman–Crippen MR) is 83.6 cm³/mol. The molecule has 0 unspecified atom stereocenters. The molecule has 0 fully saturated rings. The summed E-state index contributed by atoms with van der Waals surface area (Å²) in [6, 6.07) is 17.8. The molecule has 0 spiro atoms. The molecule has 0 saturated carbocycles. The van der Waals surface area contributed by atoms with Crippen LogP contribution in [0, 0.1) is 0 Å². The Morgan fingerprint density at radius 3 is 2.60 bits per heavy atom. The molecular formula is C16H14ClN3. The van der Waals surface area contributed by atoms with E-state index >= 15 is 0 Å². The molecular weight excluding hydrogens is 270 g/mol. The highest BCUT2D eigenvalue weighted by Crippen LogP contribution is 2.29. The Balaban J connectivity index is 2.04. The number of nitrogens with one attached hydrogen (secondary N) is 1. The van der Waals surface area contributed by atoms with E-state index in [0.717, 1.165) is 22.6 Å². The van der Waals surface area contributed by atoms with E-state index in [-0.39, 0.29) is 0 Å². The van der Waals surface area contributed by atoms with Gasteiger partial charge in [0.1, 0.15) is 0 Å². The summed E-state index contributed by atoms with van der Waals surface area (Å²) in [5.41, 5.74) is 3.93. The van der Waals surface area contributed by atoms with Gasteiger partial charge < -0.3 is 5.32 Å². The van der Waals surface area contributed by atoms with Gasteiger partial charge in [-0.2, -0.15) is 5.10 Å². The van der Waals surface area contributed by atoms with E-state index < -0.39 is 0 Å². The van der Waals surface area contributed by atoms with Gasteiger partial charge in [0, 0.05) is 29.5 Å². The normalized spacial score (nSPS) is 10.5. The zero-order chi connectivity index (χ0) is 13.9. The van der Waals surface area contributed by atoms with E-state index in [4.69, 9.17) is 11.6 Å². The summed E-state index contributed by atoms with van der Waals surface area (Å²) < 4.78 is 1.86. The lowest BCUT2D eigenvalue weighted by Gasteiger charge is -2.07. The topological polar surface area (TPSA) is 29.9 Å². The van der Waals surface area contributed by atoms with Gasteiger partial charge in [0.15, 0.2) is 0 Å². The van der Waals surface area contributed by atoms with E-state index in [1.54, 1.807) is 0 Å². The SMILES string of the molecule is CNc1ccc(Cl)cc1-c1ccn(-c2ccccc2)n1. The number of rotatable bonds is 3. The molecule has 1 heterocycles. The van der Waals surface area contributed by atoms with Crippen LogP contribution in [0.5, 0.6) is 0 Å². The molecule has 1 aromatic heterocycles. The van der Waals surface area contributed by atoms with Crippen molar-refractivity contribution in [3.8, 4) is 16.9 Å². The Labute approximate surface area is 122 Å². The van der Waals surface area contributed by atoms with E-state index in [1.807, 2.05) is 72.5 Å². The van der Waals surface area contributed by atoms with Gasteiger partial charge >= 0.3 is 0 Å².